The van der Waals surface area contributed by atoms with E-state index in [1.807, 2.05) is 24.3 Å². The summed E-state index contributed by atoms with van der Waals surface area (Å²) in [4.78, 5) is 3.38. The predicted octanol–water partition coefficient (Wildman–Crippen LogP) is 3.72. The Kier molecular flexibility index (Phi) is 4.12. The van der Waals surface area contributed by atoms with E-state index < -0.39 is 11.9 Å². The van der Waals surface area contributed by atoms with Crippen LogP contribution in [0.1, 0.15) is 11.3 Å². The van der Waals surface area contributed by atoms with Gasteiger partial charge in [-0.1, -0.05) is 12.1 Å². The van der Waals surface area contributed by atoms with Gasteiger partial charge in [0.25, 0.3) is 0 Å². The average molecular weight is 282 g/mol. The maximum absolute atomic E-state index is 12.4. The van der Waals surface area contributed by atoms with Crippen LogP contribution in [0, 0.1) is 0 Å². The molecular weight excluding hydrogens is 269 g/mol. The fourth-order valence-electron chi connectivity index (χ4n) is 1.65. The summed E-state index contributed by atoms with van der Waals surface area (Å²) >= 11 is 0. The lowest BCUT2D eigenvalue weighted by molar-refractivity contribution is -0.141. The van der Waals surface area contributed by atoms with Crippen LogP contribution in [0.3, 0.4) is 0 Å². The molecule has 2 rings (SSSR count). The van der Waals surface area contributed by atoms with Crippen LogP contribution < -0.4 is 10.1 Å². The Labute approximate surface area is 114 Å². The third-order valence-electron chi connectivity index (χ3n) is 2.68. The third-order valence-corrected chi connectivity index (χ3v) is 2.68. The van der Waals surface area contributed by atoms with Crippen molar-refractivity contribution in [1.82, 2.24) is 4.98 Å². The van der Waals surface area contributed by atoms with E-state index in [0.717, 1.165) is 17.4 Å². The quantitative estimate of drug-likeness (QED) is 0.928. The number of halogens is 3. The molecule has 106 valence electrons. The second-order valence-electron chi connectivity index (χ2n) is 4.13. The largest absolute Gasteiger partial charge is 0.497 e. The van der Waals surface area contributed by atoms with Gasteiger partial charge in [0, 0.05) is 6.54 Å². The molecule has 2 aromatic rings. The minimum Gasteiger partial charge on any atom is -0.497 e. The van der Waals surface area contributed by atoms with Crippen molar-refractivity contribution in [3.63, 3.8) is 0 Å². The van der Waals surface area contributed by atoms with Crippen LogP contribution in [0.15, 0.2) is 42.6 Å². The van der Waals surface area contributed by atoms with Crippen LogP contribution in [-0.2, 0) is 12.7 Å². The number of methoxy groups -OCH3 is 1. The van der Waals surface area contributed by atoms with E-state index in [-0.39, 0.29) is 0 Å². The molecule has 0 spiro atoms. The highest BCUT2D eigenvalue weighted by molar-refractivity contribution is 5.42. The highest BCUT2D eigenvalue weighted by Crippen LogP contribution is 2.27. The molecule has 0 aliphatic rings. The van der Waals surface area contributed by atoms with Gasteiger partial charge in [-0.15, -0.1) is 0 Å². The standard InChI is InChI=1S/C14H13F3N2O/c1-20-12-4-2-3-10(7-12)8-18-11-5-6-13(19-9-11)14(15,16)17/h2-7,9,18H,8H2,1H3. The summed E-state index contributed by atoms with van der Waals surface area (Å²) in [5.41, 5.74) is 0.592. The number of alkyl halides is 3. The average Bonchev–Trinajstić information content (AvgIpc) is 2.45. The Morgan fingerprint density at radius 1 is 1.20 bits per heavy atom. The minimum atomic E-state index is -4.41. The third kappa shape index (κ3) is 3.63. The molecule has 1 heterocycles. The molecule has 0 aliphatic heterocycles. The molecule has 0 unspecified atom stereocenters. The number of hydrogen-bond acceptors (Lipinski definition) is 3. The first-order valence-electron chi connectivity index (χ1n) is 5.89. The Morgan fingerprint density at radius 2 is 2.00 bits per heavy atom. The Hall–Kier alpha value is -2.24. The van der Waals surface area contributed by atoms with Gasteiger partial charge in [-0.05, 0) is 29.8 Å². The number of aromatic nitrogens is 1. The lowest BCUT2D eigenvalue weighted by Gasteiger charge is -2.09. The van der Waals surface area contributed by atoms with Gasteiger partial charge in [0.05, 0.1) is 19.0 Å². The maximum atomic E-state index is 12.4. The van der Waals surface area contributed by atoms with Crippen molar-refractivity contribution < 1.29 is 17.9 Å². The van der Waals surface area contributed by atoms with Crippen molar-refractivity contribution in [2.24, 2.45) is 0 Å². The summed E-state index contributed by atoms with van der Waals surface area (Å²) < 4.78 is 42.2. The number of ether oxygens (including phenoxy) is 1. The summed E-state index contributed by atoms with van der Waals surface area (Å²) in [6.07, 6.45) is -3.24. The zero-order valence-corrected chi connectivity index (χ0v) is 10.7. The number of nitrogens with one attached hydrogen (secondary N) is 1. The van der Waals surface area contributed by atoms with Crippen LogP contribution in [-0.4, -0.2) is 12.1 Å². The second kappa shape index (κ2) is 5.81. The van der Waals surface area contributed by atoms with Crippen molar-refractivity contribution in [1.29, 1.82) is 0 Å². The molecule has 0 fully saturated rings. The van der Waals surface area contributed by atoms with Gasteiger partial charge in [-0.25, -0.2) is 4.98 Å². The molecule has 1 N–H and O–H groups in total. The Balaban J connectivity index is 2.00. The summed E-state index contributed by atoms with van der Waals surface area (Å²) in [7, 11) is 1.58. The predicted molar refractivity (Wildman–Crippen MR) is 69.6 cm³/mol. The number of pyridine rings is 1. The van der Waals surface area contributed by atoms with Crippen molar-refractivity contribution in [3.05, 3.63) is 53.9 Å². The SMILES string of the molecule is COc1cccc(CNc2ccc(C(F)(F)F)nc2)c1. The van der Waals surface area contributed by atoms with Crippen LogP contribution in [0.4, 0.5) is 18.9 Å². The maximum Gasteiger partial charge on any atom is 0.433 e. The first-order valence-corrected chi connectivity index (χ1v) is 5.89. The first kappa shape index (κ1) is 14.2. The van der Waals surface area contributed by atoms with E-state index in [2.05, 4.69) is 10.3 Å². The van der Waals surface area contributed by atoms with Gasteiger partial charge in [0.2, 0.25) is 0 Å². The Morgan fingerprint density at radius 3 is 2.60 bits per heavy atom. The van der Waals surface area contributed by atoms with Crippen LogP contribution in [0.25, 0.3) is 0 Å². The number of rotatable bonds is 4. The molecule has 0 radical (unpaired) electrons. The van der Waals surface area contributed by atoms with Crippen molar-refractivity contribution in [2.45, 2.75) is 12.7 Å². The molecule has 0 amide bonds. The van der Waals surface area contributed by atoms with Gasteiger partial charge in [0.1, 0.15) is 11.4 Å². The summed E-state index contributed by atoms with van der Waals surface area (Å²) in [5, 5.41) is 3.01. The zero-order chi connectivity index (χ0) is 14.6. The Bertz CT molecular complexity index is 567. The van der Waals surface area contributed by atoms with Crippen molar-refractivity contribution in [2.75, 3.05) is 12.4 Å². The zero-order valence-electron chi connectivity index (χ0n) is 10.7. The number of nitrogens with zero attached hydrogens (tertiary/aromatic N) is 1. The molecular formula is C14H13F3N2O. The van der Waals surface area contributed by atoms with Crippen LogP contribution in [0.5, 0.6) is 5.75 Å². The molecule has 0 saturated heterocycles. The van der Waals surface area contributed by atoms with Gasteiger partial charge < -0.3 is 10.1 Å². The number of benzene rings is 1. The van der Waals surface area contributed by atoms with Crippen molar-refractivity contribution in [3.8, 4) is 5.75 Å². The highest BCUT2D eigenvalue weighted by Gasteiger charge is 2.31. The monoisotopic (exact) mass is 282 g/mol. The van der Waals surface area contributed by atoms with Crippen LogP contribution in [0.2, 0.25) is 0 Å². The molecule has 0 bridgehead atoms. The topological polar surface area (TPSA) is 34.1 Å². The van der Waals surface area contributed by atoms with Gasteiger partial charge in [-0.3, -0.25) is 0 Å². The van der Waals surface area contributed by atoms with Gasteiger partial charge >= 0.3 is 6.18 Å². The smallest absolute Gasteiger partial charge is 0.433 e. The molecule has 20 heavy (non-hydrogen) atoms. The molecule has 6 heteroatoms. The van der Waals surface area contributed by atoms with E-state index in [1.54, 1.807) is 7.11 Å². The summed E-state index contributed by atoms with van der Waals surface area (Å²) in [5.74, 6) is 0.731. The molecule has 1 aromatic heterocycles. The van der Waals surface area contributed by atoms with Crippen LogP contribution >= 0.6 is 0 Å². The highest BCUT2D eigenvalue weighted by atomic mass is 19.4. The lowest BCUT2D eigenvalue weighted by atomic mass is 10.2. The minimum absolute atomic E-state index is 0.476. The number of hydrogen-bond donors (Lipinski definition) is 1. The van der Waals surface area contributed by atoms with Gasteiger partial charge in [-0.2, -0.15) is 13.2 Å². The molecule has 3 nitrogen and oxygen atoms in total. The fraction of sp³-hybridized carbons (Fsp3) is 0.214. The number of anilines is 1. The fourth-order valence-corrected chi connectivity index (χ4v) is 1.65. The van der Waals surface area contributed by atoms with E-state index in [1.165, 1.54) is 12.3 Å². The lowest BCUT2D eigenvalue weighted by Crippen LogP contribution is -2.08. The first-order chi connectivity index (χ1) is 9.49. The van der Waals surface area contributed by atoms with E-state index in [9.17, 15) is 13.2 Å². The molecule has 1 aromatic carbocycles. The van der Waals surface area contributed by atoms with E-state index in [4.69, 9.17) is 4.74 Å². The summed E-state index contributed by atoms with van der Waals surface area (Å²) in [6.45, 7) is 0.476. The molecule has 0 aliphatic carbocycles. The van der Waals surface area contributed by atoms with E-state index >= 15 is 0 Å². The van der Waals surface area contributed by atoms with E-state index in [0.29, 0.717) is 12.2 Å². The van der Waals surface area contributed by atoms with Gasteiger partial charge in [0.15, 0.2) is 0 Å². The molecule has 0 saturated carbocycles. The normalized spacial score (nSPS) is 11.2. The van der Waals surface area contributed by atoms with Crippen molar-refractivity contribution >= 4 is 5.69 Å². The second-order valence-corrected chi connectivity index (χ2v) is 4.13. The molecule has 0 atom stereocenters. The summed E-state index contributed by atoms with van der Waals surface area (Å²) in [6, 6.07) is 9.73.